The van der Waals surface area contributed by atoms with E-state index in [2.05, 4.69) is 17.0 Å². The second kappa shape index (κ2) is 9.04. The molecule has 0 saturated carbocycles. The molecule has 0 N–H and O–H groups in total. The van der Waals surface area contributed by atoms with Crippen molar-refractivity contribution < 1.29 is 9.21 Å². The monoisotopic (exact) mass is 426 g/mol. The van der Waals surface area contributed by atoms with Crippen LogP contribution in [-0.4, -0.2) is 32.1 Å². The van der Waals surface area contributed by atoms with Gasteiger partial charge in [-0.1, -0.05) is 37.1 Å². The van der Waals surface area contributed by atoms with Crippen molar-refractivity contribution in [3.63, 3.8) is 0 Å². The van der Waals surface area contributed by atoms with Crippen LogP contribution in [-0.2, 0) is 19.9 Å². The average Bonchev–Trinajstić information content (AvgIpc) is 3.36. The topological polar surface area (TPSA) is 64.2 Å². The van der Waals surface area contributed by atoms with Crippen molar-refractivity contribution in [1.82, 2.24) is 19.7 Å². The Labute approximate surface area is 181 Å². The molecule has 1 fully saturated rings. The van der Waals surface area contributed by atoms with Crippen LogP contribution in [0.25, 0.3) is 0 Å². The van der Waals surface area contributed by atoms with E-state index in [4.69, 9.17) is 16.0 Å². The number of nitrogens with zero attached hydrogens (tertiary/aromatic N) is 4. The fourth-order valence-corrected chi connectivity index (χ4v) is 4.17. The smallest absolute Gasteiger partial charge is 0.272 e. The SMILES string of the molecule is CCCc1cc(C(=O)N2CCCC[C@H]2c2ncc(Cc3ccc(Cl)cc3)o2)n(C)n1. The van der Waals surface area contributed by atoms with Gasteiger partial charge in [-0.25, -0.2) is 4.98 Å². The molecule has 4 rings (SSSR count). The van der Waals surface area contributed by atoms with Crippen molar-refractivity contribution >= 4 is 17.5 Å². The fourth-order valence-electron chi connectivity index (χ4n) is 4.05. The Kier molecular flexibility index (Phi) is 6.23. The van der Waals surface area contributed by atoms with Crippen molar-refractivity contribution in [1.29, 1.82) is 0 Å². The highest BCUT2D eigenvalue weighted by molar-refractivity contribution is 6.30. The van der Waals surface area contributed by atoms with Gasteiger partial charge < -0.3 is 9.32 Å². The molecule has 3 heterocycles. The first kappa shape index (κ1) is 20.7. The average molecular weight is 427 g/mol. The molecule has 0 spiro atoms. The van der Waals surface area contributed by atoms with Gasteiger partial charge >= 0.3 is 0 Å². The van der Waals surface area contributed by atoms with Crippen molar-refractivity contribution in [2.24, 2.45) is 7.05 Å². The molecular weight excluding hydrogens is 400 g/mol. The number of oxazole rings is 1. The molecule has 1 saturated heterocycles. The van der Waals surface area contributed by atoms with Crippen LogP contribution in [0.4, 0.5) is 0 Å². The third-order valence-electron chi connectivity index (χ3n) is 5.57. The number of aryl methyl sites for hydroxylation is 2. The molecule has 1 aliphatic heterocycles. The number of carbonyl (C=O) groups is 1. The Bertz CT molecular complexity index is 1010. The Balaban J connectivity index is 1.53. The van der Waals surface area contributed by atoms with Gasteiger partial charge in [0.05, 0.1) is 11.9 Å². The van der Waals surface area contributed by atoms with E-state index in [0.29, 0.717) is 29.6 Å². The number of likely N-dealkylation sites (tertiary alicyclic amines) is 1. The number of benzene rings is 1. The summed E-state index contributed by atoms with van der Waals surface area (Å²) in [5.74, 6) is 1.40. The Morgan fingerprint density at radius 2 is 2.07 bits per heavy atom. The van der Waals surface area contributed by atoms with E-state index in [0.717, 1.165) is 49.1 Å². The summed E-state index contributed by atoms with van der Waals surface area (Å²) >= 11 is 5.97. The van der Waals surface area contributed by atoms with Crippen LogP contribution < -0.4 is 0 Å². The van der Waals surface area contributed by atoms with Crippen molar-refractivity contribution in [2.75, 3.05) is 6.54 Å². The van der Waals surface area contributed by atoms with Gasteiger partial charge in [0.2, 0.25) is 5.89 Å². The maximum Gasteiger partial charge on any atom is 0.272 e. The molecule has 1 aromatic carbocycles. The maximum atomic E-state index is 13.3. The number of piperidine rings is 1. The maximum absolute atomic E-state index is 13.3. The number of rotatable bonds is 6. The molecular formula is C23H27ClN4O2. The van der Waals surface area contributed by atoms with E-state index >= 15 is 0 Å². The second-order valence-corrected chi connectivity index (χ2v) is 8.31. The van der Waals surface area contributed by atoms with Crippen LogP contribution in [0.3, 0.4) is 0 Å². The van der Waals surface area contributed by atoms with Crippen LogP contribution >= 0.6 is 11.6 Å². The second-order valence-electron chi connectivity index (χ2n) is 7.87. The molecule has 1 amide bonds. The summed E-state index contributed by atoms with van der Waals surface area (Å²) < 4.78 is 7.78. The fraction of sp³-hybridized carbons (Fsp3) is 0.435. The van der Waals surface area contributed by atoms with Gasteiger partial charge in [0.25, 0.3) is 5.91 Å². The van der Waals surface area contributed by atoms with Crippen LogP contribution in [0.5, 0.6) is 0 Å². The third kappa shape index (κ3) is 4.43. The highest BCUT2D eigenvalue weighted by atomic mass is 35.5. The third-order valence-corrected chi connectivity index (χ3v) is 5.82. The van der Waals surface area contributed by atoms with Gasteiger partial charge in [-0.15, -0.1) is 0 Å². The summed E-state index contributed by atoms with van der Waals surface area (Å²) in [5, 5.41) is 5.21. The van der Waals surface area contributed by atoms with Crippen molar-refractivity contribution in [2.45, 2.75) is 51.5 Å². The zero-order valence-electron chi connectivity index (χ0n) is 17.5. The first-order valence-corrected chi connectivity index (χ1v) is 11.0. The number of halogens is 1. The first-order chi connectivity index (χ1) is 14.5. The molecule has 1 atom stereocenters. The van der Waals surface area contributed by atoms with Gasteiger partial charge in [-0.2, -0.15) is 5.10 Å². The number of carbonyl (C=O) groups excluding carboxylic acids is 1. The van der Waals surface area contributed by atoms with Crippen LogP contribution in [0.15, 0.2) is 40.9 Å². The summed E-state index contributed by atoms with van der Waals surface area (Å²) in [6.45, 7) is 2.81. The van der Waals surface area contributed by atoms with Gasteiger partial charge in [-0.05, 0) is 49.4 Å². The van der Waals surface area contributed by atoms with Crippen molar-refractivity contribution in [3.05, 3.63) is 70.2 Å². The number of hydrogen-bond donors (Lipinski definition) is 0. The van der Waals surface area contributed by atoms with Gasteiger partial charge in [0.1, 0.15) is 17.5 Å². The summed E-state index contributed by atoms with van der Waals surface area (Å²) in [6, 6.07) is 9.48. The number of hydrogen-bond acceptors (Lipinski definition) is 4. The molecule has 3 aromatic rings. The highest BCUT2D eigenvalue weighted by Crippen LogP contribution is 2.32. The normalized spacial score (nSPS) is 16.8. The Morgan fingerprint density at radius 3 is 2.83 bits per heavy atom. The minimum atomic E-state index is -0.144. The Morgan fingerprint density at radius 1 is 1.27 bits per heavy atom. The zero-order chi connectivity index (χ0) is 21.1. The van der Waals surface area contributed by atoms with E-state index in [1.54, 1.807) is 10.9 Å². The van der Waals surface area contributed by atoms with Crippen LogP contribution in [0.1, 0.15) is 72.0 Å². The molecule has 7 heteroatoms. The van der Waals surface area contributed by atoms with E-state index < -0.39 is 0 Å². The molecule has 0 radical (unpaired) electrons. The van der Waals surface area contributed by atoms with E-state index in [1.165, 1.54) is 0 Å². The quantitative estimate of drug-likeness (QED) is 0.558. The van der Waals surface area contributed by atoms with Crippen molar-refractivity contribution in [3.8, 4) is 0 Å². The van der Waals surface area contributed by atoms with Gasteiger partial charge in [-0.3, -0.25) is 9.48 Å². The summed E-state index contributed by atoms with van der Waals surface area (Å²) in [5.41, 5.74) is 2.69. The molecule has 0 unspecified atom stereocenters. The molecule has 1 aliphatic rings. The number of aromatic nitrogens is 3. The molecule has 0 bridgehead atoms. The van der Waals surface area contributed by atoms with E-state index in [1.807, 2.05) is 42.3 Å². The molecule has 2 aromatic heterocycles. The molecule has 30 heavy (non-hydrogen) atoms. The lowest BCUT2D eigenvalue weighted by molar-refractivity contribution is 0.0558. The summed E-state index contributed by atoms with van der Waals surface area (Å²) in [6.07, 6.45) is 7.18. The lowest BCUT2D eigenvalue weighted by Crippen LogP contribution is -2.39. The summed E-state index contributed by atoms with van der Waals surface area (Å²) in [4.78, 5) is 19.8. The van der Waals surface area contributed by atoms with Crippen LogP contribution in [0.2, 0.25) is 5.02 Å². The highest BCUT2D eigenvalue weighted by Gasteiger charge is 2.33. The molecule has 6 nitrogen and oxygen atoms in total. The minimum absolute atomic E-state index is 0.00509. The Hall–Kier alpha value is -2.60. The standard InChI is InChI=1S/C23H27ClN4O2/c1-3-6-18-14-21(27(2)26-18)23(29)28-12-5-4-7-20(28)22-25-15-19(30-22)13-16-8-10-17(24)11-9-16/h8-11,14-15,20H,3-7,12-13H2,1-2H3/t20-/m0/s1. The molecule has 0 aliphatic carbocycles. The first-order valence-electron chi connectivity index (χ1n) is 10.6. The number of amides is 1. The van der Waals surface area contributed by atoms with Gasteiger partial charge in [0.15, 0.2) is 0 Å². The predicted octanol–water partition coefficient (Wildman–Crippen LogP) is 4.97. The molecule has 158 valence electrons. The lowest BCUT2D eigenvalue weighted by Gasteiger charge is -2.33. The largest absolute Gasteiger partial charge is 0.443 e. The minimum Gasteiger partial charge on any atom is -0.443 e. The van der Waals surface area contributed by atoms with E-state index in [9.17, 15) is 4.79 Å². The lowest BCUT2D eigenvalue weighted by atomic mass is 10.0. The van der Waals surface area contributed by atoms with Crippen LogP contribution in [0, 0.1) is 0 Å². The predicted molar refractivity (Wildman–Crippen MR) is 116 cm³/mol. The van der Waals surface area contributed by atoms with E-state index in [-0.39, 0.29) is 11.9 Å². The van der Waals surface area contributed by atoms with Gasteiger partial charge in [0, 0.05) is 25.0 Å². The zero-order valence-corrected chi connectivity index (χ0v) is 18.2. The summed E-state index contributed by atoms with van der Waals surface area (Å²) in [7, 11) is 1.83.